The Balaban J connectivity index is 1.97. The zero-order valence-electron chi connectivity index (χ0n) is 18.0. The van der Waals surface area contributed by atoms with E-state index in [-0.39, 0.29) is 11.5 Å². The van der Waals surface area contributed by atoms with Crippen LogP contribution in [-0.2, 0) is 17.7 Å². The lowest BCUT2D eigenvalue weighted by Crippen LogP contribution is -2.12. The molecule has 0 saturated heterocycles. The number of hydrogen-bond donors (Lipinski definition) is 2. The van der Waals surface area contributed by atoms with Crippen LogP contribution in [0.15, 0.2) is 48.7 Å². The van der Waals surface area contributed by atoms with Crippen molar-refractivity contribution in [1.82, 2.24) is 9.55 Å². The van der Waals surface area contributed by atoms with Gasteiger partial charge in [-0.05, 0) is 49.2 Å². The number of para-hydroxylation sites is 1. The summed E-state index contributed by atoms with van der Waals surface area (Å²) in [5.41, 5.74) is 4.02. The number of benzene rings is 2. The third kappa shape index (κ3) is 4.94. The van der Waals surface area contributed by atoms with E-state index in [0.717, 1.165) is 42.0 Å². The number of methoxy groups -OCH3 is 1. The smallest absolute Gasteiger partial charge is 0.337 e. The Hall–Kier alpha value is -3.61. The van der Waals surface area contributed by atoms with Crippen LogP contribution >= 0.6 is 0 Å². The van der Waals surface area contributed by atoms with Crippen LogP contribution in [0.25, 0.3) is 5.69 Å². The highest BCUT2D eigenvalue weighted by Gasteiger charge is 2.16. The van der Waals surface area contributed by atoms with Crippen LogP contribution in [0.2, 0.25) is 0 Å². The topological polar surface area (TPSA) is 93.5 Å². The molecule has 0 aliphatic heterocycles. The number of carboxylic acids is 1. The molecule has 0 fully saturated rings. The second-order valence-corrected chi connectivity index (χ2v) is 7.30. The van der Waals surface area contributed by atoms with Crippen molar-refractivity contribution >= 4 is 17.6 Å². The largest absolute Gasteiger partial charge is 0.478 e. The fourth-order valence-corrected chi connectivity index (χ4v) is 3.52. The summed E-state index contributed by atoms with van der Waals surface area (Å²) in [4.78, 5) is 28.0. The first kappa shape index (κ1) is 22.1. The maximum atomic E-state index is 11.9. The van der Waals surface area contributed by atoms with Gasteiger partial charge in [0.05, 0.1) is 42.4 Å². The fourth-order valence-electron chi connectivity index (χ4n) is 3.52. The van der Waals surface area contributed by atoms with Crippen molar-refractivity contribution in [2.45, 2.75) is 39.7 Å². The molecule has 2 N–H and O–H groups in total. The Morgan fingerprint density at radius 1 is 1.19 bits per heavy atom. The first-order valence-electron chi connectivity index (χ1n) is 10.3. The summed E-state index contributed by atoms with van der Waals surface area (Å²) in [6.07, 6.45) is 4.69. The van der Waals surface area contributed by atoms with Gasteiger partial charge in [-0.15, -0.1) is 0 Å². The number of carbonyl (C=O) groups is 2. The Bertz CT molecular complexity index is 1090. The molecular weight excluding hydrogens is 394 g/mol. The van der Waals surface area contributed by atoms with Crippen LogP contribution in [0.3, 0.4) is 0 Å². The number of anilines is 1. The standard InChI is InChI=1S/C24H27N3O4/c1-4-5-10-22-26-15-18(14-25-20-9-7-6-8-19(20)23(28)29)27(22)21-12-11-17(13-16(21)2)24(30)31-3/h6-9,11-13,15,25H,4-5,10,14H2,1-3H3,(H,28,29). The number of rotatable bonds is 9. The molecule has 0 unspecified atom stereocenters. The van der Waals surface area contributed by atoms with E-state index in [1.165, 1.54) is 7.11 Å². The lowest BCUT2D eigenvalue weighted by molar-refractivity contribution is 0.0599. The lowest BCUT2D eigenvalue weighted by atomic mass is 10.1. The monoisotopic (exact) mass is 421 g/mol. The van der Waals surface area contributed by atoms with Crippen molar-refractivity contribution in [1.29, 1.82) is 0 Å². The first-order valence-corrected chi connectivity index (χ1v) is 10.3. The zero-order valence-corrected chi connectivity index (χ0v) is 18.0. The van der Waals surface area contributed by atoms with Gasteiger partial charge in [0.15, 0.2) is 0 Å². The summed E-state index contributed by atoms with van der Waals surface area (Å²) < 4.78 is 6.91. The van der Waals surface area contributed by atoms with Gasteiger partial charge < -0.3 is 15.2 Å². The Kier molecular flexibility index (Phi) is 7.07. The van der Waals surface area contributed by atoms with Gasteiger partial charge in [-0.25, -0.2) is 14.6 Å². The molecule has 3 rings (SSSR count). The third-order valence-corrected chi connectivity index (χ3v) is 5.14. The lowest BCUT2D eigenvalue weighted by Gasteiger charge is -2.17. The van der Waals surface area contributed by atoms with E-state index in [1.807, 2.05) is 25.3 Å². The van der Waals surface area contributed by atoms with Gasteiger partial charge in [0.25, 0.3) is 0 Å². The molecule has 31 heavy (non-hydrogen) atoms. The van der Waals surface area contributed by atoms with Crippen LogP contribution < -0.4 is 5.32 Å². The molecule has 0 amide bonds. The molecule has 2 aromatic carbocycles. The van der Waals surface area contributed by atoms with Crippen molar-refractivity contribution in [3.05, 3.63) is 76.9 Å². The molecule has 0 aliphatic rings. The van der Waals surface area contributed by atoms with Crippen LogP contribution in [-0.4, -0.2) is 33.7 Å². The number of aromatic carboxylic acids is 1. The molecule has 0 aliphatic carbocycles. The van der Waals surface area contributed by atoms with Crippen molar-refractivity contribution in [2.24, 2.45) is 0 Å². The number of hydrogen-bond acceptors (Lipinski definition) is 5. The normalized spacial score (nSPS) is 10.7. The average molecular weight is 421 g/mol. The van der Waals surface area contributed by atoms with Gasteiger partial charge in [0, 0.05) is 12.1 Å². The predicted octanol–water partition coefficient (Wildman–Crippen LogP) is 4.62. The summed E-state index contributed by atoms with van der Waals surface area (Å²) in [6, 6.07) is 12.3. The summed E-state index contributed by atoms with van der Waals surface area (Å²) in [6.45, 7) is 4.49. The Labute approximate surface area is 181 Å². The molecule has 7 nitrogen and oxygen atoms in total. The highest BCUT2D eigenvalue weighted by molar-refractivity contribution is 5.94. The zero-order chi connectivity index (χ0) is 22.4. The maximum Gasteiger partial charge on any atom is 0.337 e. The van der Waals surface area contributed by atoms with E-state index in [1.54, 1.807) is 30.3 Å². The minimum atomic E-state index is -0.977. The molecule has 1 heterocycles. The van der Waals surface area contributed by atoms with E-state index >= 15 is 0 Å². The van der Waals surface area contributed by atoms with Gasteiger partial charge in [0.1, 0.15) is 5.82 Å². The average Bonchev–Trinajstić information content (AvgIpc) is 3.18. The number of carboxylic acid groups (broad SMARTS) is 1. The number of aryl methyl sites for hydroxylation is 2. The van der Waals surface area contributed by atoms with Gasteiger partial charge in [-0.2, -0.15) is 0 Å². The molecule has 3 aromatic rings. The molecule has 0 radical (unpaired) electrons. The molecule has 1 aromatic heterocycles. The molecule has 0 atom stereocenters. The summed E-state index contributed by atoms with van der Waals surface area (Å²) >= 11 is 0. The van der Waals surface area contributed by atoms with E-state index < -0.39 is 5.97 Å². The molecule has 162 valence electrons. The van der Waals surface area contributed by atoms with Crippen molar-refractivity contribution in [2.75, 3.05) is 12.4 Å². The molecule has 0 spiro atoms. The van der Waals surface area contributed by atoms with Crippen molar-refractivity contribution < 1.29 is 19.4 Å². The SMILES string of the molecule is CCCCc1ncc(CNc2ccccc2C(=O)O)n1-c1ccc(C(=O)OC)cc1C. The Morgan fingerprint density at radius 3 is 2.65 bits per heavy atom. The van der Waals surface area contributed by atoms with Gasteiger partial charge in [-0.3, -0.25) is 4.57 Å². The van der Waals surface area contributed by atoms with E-state index in [4.69, 9.17) is 4.74 Å². The van der Waals surface area contributed by atoms with Crippen molar-refractivity contribution in [3.63, 3.8) is 0 Å². The highest BCUT2D eigenvalue weighted by Crippen LogP contribution is 2.23. The van der Waals surface area contributed by atoms with E-state index in [2.05, 4.69) is 21.8 Å². The molecule has 0 saturated carbocycles. The number of aromatic nitrogens is 2. The second-order valence-electron chi connectivity index (χ2n) is 7.30. The second kappa shape index (κ2) is 9.93. The number of carbonyl (C=O) groups excluding carboxylic acids is 1. The summed E-state index contributed by atoms with van der Waals surface area (Å²) in [5, 5.41) is 12.7. The number of unbranched alkanes of at least 4 members (excludes halogenated alkanes) is 1. The van der Waals surface area contributed by atoms with E-state index in [9.17, 15) is 14.7 Å². The third-order valence-electron chi connectivity index (χ3n) is 5.14. The van der Waals surface area contributed by atoms with Gasteiger partial charge >= 0.3 is 11.9 Å². The predicted molar refractivity (Wildman–Crippen MR) is 119 cm³/mol. The molecular formula is C24H27N3O4. The van der Waals surface area contributed by atoms with Crippen LogP contribution in [0, 0.1) is 6.92 Å². The van der Waals surface area contributed by atoms with Gasteiger partial charge in [0.2, 0.25) is 0 Å². The van der Waals surface area contributed by atoms with Crippen LogP contribution in [0.4, 0.5) is 5.69 Å². The Morgan fingerprint density at radius 2 is 1.97 bits per heavy atom. The first-order chi connectivity index (χ1) is 15.0. The fraction of sp³-hybridized carbons (Fsp3) is 0.292. The van der Waals surface area contributed by atoms with E-state index in [0.29, 0.717) is 17.8 Å². The summed E-state index contributed by atoms with van der Waals surface area (Å²) in [7, 11) is 1.36. The number of nitrogens with one attached hydrogen (secondary N) is 1. The molecule has 0 bridgehead atoms. The molecule has 7 heteroatoms. The highest BCUT2D eigenvalue weighted by atomic mass is 16.5. The van der Waals surface area contributed by atoms with Gasteiger partial charge in [-0.1, -0.05) is 25.5 Å². The number of esters is 1. The van der Waals surface area contributed by atoms with Crippen LogP contribution in [0.5, 0.6) is 0 Å². The quantitative estimate of drug-likeness (QED) is 0.490. The van der Waals surface area contributed by atoms with Crippen molar-refractivity contribution in [3.8, 4) is 5.69 Å². The number of ether oxygens (including phenoxy) is 1. The number of imidazole rings is 1. The maximum absolute atomic E-state index is 11.9. The minimum Gasteiger partial charge on any atom is -0.478 e. The van der Waals surface area contributed by atoms with Crippen LogP contribution in [0.1, 0.15) is 57.6 Å². The summed E-state index contributed by atoms with van der Waals surface area (Å²) in [5.74, 6) is -0.424. The number of nitrogens with zero attached hydrogens (tertiary/aromatic N) is 2. The minimum absolute atomic E-state index is 0.221.